The maximum absolute atomic E-state index is 13.4. The Morgan fingerprint density at radius 3 is 1.97 bits per heavy atom. The molecule has 164 valence electrons. The van der Waals surface area contributed by atoms with E-state index in [1.807, 2.05) is 0 Å². The van der Waals surface area contributed by atoms with Crippen LogP contribution in [0.5, 0.6) is 5.75 Å². The molecule has 0 N–H and O–H groups in total. The van der Waals surface area contributed by atoms with Crippen molar-refractivity contribution in [3.8, 4) is 5.75 Å². The third kappa shape index (κ3) is 2.40. The number of para-hydroxylation sites is 1. The fourth-order valence-corrected chi connectivity index (χ4v) is 4.53. The van der Waals surface area contributed by atoms with Gasteiger partial charge in [-0.1, -0.05) is 36.4 Å². The van der Waals surface area contributed by atoms with Crippen LogP contribution in [0.3, 0.4) is 0 Å². The van der Waals surface area contributed by atoms with Crippen LogP contribution in [0.2, 0.25) is 0 Å². The summed E-state index contributed by atoms with van der Waals surface area (Å²) in [4.78, 5) is 57.5. The highest BCUT2D eigenvalue weighted by Gasteiger charge is 2.68. The number of esters is 1. The summed E-state index contributed by atoms with van der Waals surface area (Å²) < 4.78 is 11.3. The Morgan fingerprint density at radius 2 is 1.33 bits per heavy atom. The van der Waals surface area contributed by atoms with Gasteiger partial charge < -0.3 is 9.47 Å². The van der Waals surface area contributed by atoms with Crippen LogP contribution in [0, 0.1) is 36.3 Å². The maximum Gasteiger partial charge on any atom is 0.429 e. The number of ketones is 1. The molecule has 13 nitrogen and oxygen atoms in total. The molecule has 0 saturated carbocycles. The zero-order chi connectivity index (χ0) is 23.7. The number of Topliss-reactive ketones (excluding diaryl/α,β-unsaturated/α-hetero) is 1. The molecule has 33 heavy (non-hydrogen) atoms. The second-order valence-electron chi connectivity index (χ2n) is 7.25. The van der Waals surface area contributed by atoms with E-state index in [1.165, 1.54) is 48.5 Å². The summed E-state index contributed by atoms with van der Waals surface area (Å²) in [6, 6.07) is 11.7. The molecule has 0 radical (unpaired) electrons. The summed E-state index contributed by atoms with van der Waals surface area (Å²) in [7, 11) is 0. The average Bonchev–Trinajstić information content (AvgIpc) is 3.05. The van der Waals surface area contributed by atoms with Crippen LogP contribution in [0.25, 0.3) is 0 Å². The van der Waals surface area contributed by atoms with Crippen molar-refractivity contribution in [1.29, 1.82) is 0 Å². The molecule has 5 rings (SSSR count). The summed E-state index contributed by atoms with van der Waals surface area (Å²) >= 11 is 0. The first kappa shape index (κ1) is 20.0. The molecule has 2 aromatic carbocycles. The van der Waals surface area contributed by atoms with E-state index >= 15 is 0 Å². The number of ether oxygens (including phenoxy) is 2. The Morgan fingerprint density at radius 1 is 0.758 bits per heavy atom. The van der Waals surface area contributed by atoms with Gasteiger partial charge in [0, 0.05) is 11.1 Å². The van der Waals surface area contributed by atoms with E-state index < -0.39 is 60.9 Å². The topological polar surface area (TPSA) is 182 Å². The average molecular weight is 451 g/mol. The number of carbonyl (C=O) groups excluding carboxylic acids is 2. The molecule has 13 heteroatoms. The molecule has 0 fully saturated rings. The Kier molecular flexibility index (Phi) is 3.95. The predicted octanol–water partition coefficient (Wildman–Crippen LogP) is 1.95. The molecule has 2 aromatic rings. The van der Waals surface area contributed by atoms with Gasteiger partial charge in [-0.05, 0) is 12.1 Å². The monoisotopic (exact) mass is 451 g/mol. The van der Waals surface area contributed by atoms with Gasteiger partial charge >= 0.3 is 23.1 Å². The summed E-state index contributed by atoms with van der Waals surface area (Å²) in [6.07, 6.45) is 0. The quantitative estimate of drug-likeness (QED) is 0.380. The van der Waals surface area contributed by atoms with E-state index in [-0.39, 0.29) is 22.4 Å². The third-order valence-corrected chi connectivity index (χ3v) is 5.70. The van der Waals surface area contributed by atoms with Crippen LogP contribution >= 0.6 is 0 Å². The first-order valence-corrected chi connectivity index (χ1v) is 9.26. The number of carbonyl (C=O) groups is 2. The Balaban J connectivity index is 1.96. The van der Waals surface area contributed by atoms with Crippen molar-refractivity contribution < 1.29 is 33.8 Å². The fraction of sp³-hybridized carbons (Fsp3) is 0.100. The lowest BCUT2D eigenvalue weighted by atomic mass is 9.69. The lowest BCUT2D eigenvalue weighted by Gasteiger charge is -2.41. The Labute approximate surface area is 182 Å². The van der Waals surface area contributed by atoms with Crippen molar-refractivity contribution in [2.45, 2.75) is 5.60 Å². The lowest BCUT2D eigenvalue weighted by Crippen LogP contribution is -2.50. The summed E-state index contributed by atoms with van der Waals surface area (Å²) in [5.41, 5.74) is -6.35. The van der Waals surface area contributed by atoms with Crippen LogP contribution in [-0.2, 0) is 15.1 Å². The SMILES string of the molecule is O=C1OC2(c3ccccc3OC3=C([N+](=O)[O-])C([N+](=O)[O-])=C([N+](=O)[O-])C(=O)C32)c2ccccc21. The molecule has 2 aliphatic heterocycles. The van der Waals surface area contributed by atoms with Gasteiger partial charge in [0.15, 0.2) is 5.60 Å². The molecule has 2 atom stereocenters. The van der Waals surface area contributed by atoms with E-state index in [0.717, 1.165) is 0 Å². The van der Waals surface area contributed by atoms with E-state index in [9.17, 15) is 39.9 Å². The minimum atomic E-state index is -2.07. The van der Waals surface area contributed by atoms with Gasteiger partial charge in [-0.3, -0.25) is 35.1 Å². The van der Waals surface area contributed by atoms with Crippen LogP contribution < -0.4 is 4.74 Å². The molecule has 0 saturated heterocycles. The van der Waals surface area contributed by atoms with E-state index in [4.69, 9.17) is 9.47 Å². The Hall–Kier alpha value is -4.94. The fourth-order valence-electron chi connectivity index (χ4n) is 4.53. The smallest absolute Gasteiger partial charge is 0.429 e. The first-order valence-electron chi connectivity index (χ1n) is 9.26. The highest BCUT2D eigenvalue weighted by molar-refractivity contribution is 6.04. The molecule has 2 heterocycles. The van der Waals surface area contributed by atoms with Gasteiger partial charge in [0.2, 0.25) is 5.76 Å². The normalized spacial score (nSPS) is 22.8. The molecule has 1 aliphatic carbocycles. The molecular formula is C20H9N3O10. The van der Waals surface area contributed by atoms with E-state index in [0.29, 0.717) is 0 Å². The predicted molar refractivity (Wildman–Crippen MR) is 103 cm³/mol. The highest BCUT2D eigenvalue weighted by Crippen LogP contribution is 2.58. The number of allylic oxidation sites excluding steroid dienone is 1. The van der Waals surface area contributed by atoms with Crippen molar-refractivity contribution in [2.24, 2.45) is 5.92 Å². The third-order valence-electron chi connectivity index (χ3n) is 5.70. The minimum Gasteiger partial charge on any atom is -0.453 e. The molecular weight excluding hydrogens is 442 g/mol. The van der Waals surface area contributed by atoms with Crippen LogP contribution in [0.15, 0.2) is 71.4 Å². The largest absolute Gasteiger partial charge is 0.453 e. The first-order chi connectivity index (χ1) is 15.7. The summed E-state index contributed by atoms with van der Waals surface area (Å²) in [6.45, 7) is 0. The van der Waals surface area contributed by atoms with Crippen LogP contribution in [0.4, 0.5) is 0 Å². The number of benzene rings is 2. The number of hydrogen-bond acceptors (Lipinski definition) is 10. The molecule has 0 amide bonds. The zero-order valence-corrected chi connectivity index (χ0v) is 16.1. The van der Waals surface area contributed by atoms with Gasteiger partial charge in [-0.2, -0.15) is 0 Å². The summed E-state index contributed by atoms with van der Waals surface area (Å²) in [5.74, 6) is -5.14. The maximum atomic E-state index is 13.4. The zero-order valence-electron chi connectivity index (χ0n) is 16.1. The summed E-state index contributed by atoms with van der Waals surface area (Å²) in [5, 5.41) is 35.2. The van der Waals surface area contributed by atoms with Crippen LogP contribution in [0.1, 0.15) is 21.5 Å². The van der Waals surface area contributed by atoms with Crippen molar-refractivity contribution in [2.75, 3.05) is 0 Å². The molecule has 0 aromatic heterocycles. The second kappa shape index (κ2) is 6.53. The Bertz CT molecular complexity index is 1410. The van der Waals surface area contributed by atoms with Crippen molar-refractivity contribution >= 4 is 11.8 Å². The van der Waals surface area contributed by atoms with Gasteiger partial charge in [-0.15, -0.1) is 0 Å². The van der Waals surface area contributed by atoms with Gasteiger partial charge in [0.1, 0.15) is 11.7 Å². The number of fused-ring (bicyclic) bond motifs is 6. The molecule has 1 spiro atoms. The second-order valence-corrected chi connectivity index (χ2v) is 7.25. The lowest BCUT2D eigenvalue weighted by molar-refractivity contribution is -0.501. The number of nitro groups is 3. The highest BCUT2D eigenvalue weighted by atomic mass is 16.7. The number of hydrogen-bond donors (Lipinski definition) is 0. The van der Waals surface area contributed by atoms with Crippen molar-refractivity contribution in [3.63, 3.8) is 0 Å². The van der Waals surface area contributed by atoms with E-state index in [2.05, 4.69) is 0 Å². The minimum absolute atomic E-state index is 0.0377. The van der Waals surface area contributed by atoms with E-state index in [1.54, 1.807) is 0 Å². The van der Waals surface area contributed by atoms with Crippen molar-refractivity contribution in [1.82, 2.24) is 0 Å². The standard InChI is InChI=1S/C20H9N3O10/c24-17-13-18(16(23(30)31)14(21(26)27)15(17)22(28)29)32-12-8-4-3-7-11(12)20(13)10-6-2-1-5-9(10)19(25)33-20/h1-8,13H. The number of rotatable bonds is 3. The molecule has 3 aliphatic rings. The molecule has 2 unspecified atom stereocenters. The van der Waals surface area contributed by atoms with Crippen LogP contribution in [-0.4, -0.2) is 26.5 Å². The molecule has 0 bridgehead atoms. The number of nitrogens with zero attached hydrogens (tertiary/aromatic N) is 3. The van der Waals surface area contributed by atoms with Gasteiger partial charge in [-0.25, -0.2) is 4.79 Å². The van der Waals surface area contributed by atoms with Gasteiger partial charge in [0.05, 0.1) is 20.3 Å². The van der Waals surface area contributed by atoms with Gasteiger partial charge in [0.25, 0.3) is 5.78 Å². The van der Waals surface area contributed by atoms with Crippen molar-refractivity contribution in [3.05, 3.63) is 118 Å².